The standard InChI is InChI=1S/C14H22ClN3O.2ClH/c1-18(2)13(10-17-14(19)8-5-9-16)11-6-3-4-7-12(11)15;;/h3-4,6-7,13H,5,8-10,16H2,1-2H3,(H,17,19);2*1H. The lowest BCUT2D eigenvalue weighted by Gasteiger charge is -2.26. The molecule has 0 aliphatic carbocycles. The molecule has 1 rings (SSSR count). The Morgan fingerprint density at radius 1 is 1.33 bits per heavy atom. The van der Waals surface area contributed by atoms with Gasteiger partial charge in [0.2, 0.25) is 5.91 Å². The molecule has 0 radical (unpaired) electrons. The number of hydrogen-bond donors (Lipinski definition) is 2. The molecule has 0 aliphatic heterocycles. The van der Waals surface area contributed by atoms with Crippen LogP contribution in [0.3, 0.4) is 0 Å². The highest BCUT2D eigenvalue weighted by Gasteiger charge is 2.17. The number of carbonyl (C=O) groups excluding carboxylic acids is 1. The van der Waals surface area contributed by atoms with Crippen LogP contribution in [0.2, 0.25) is 5.02 Å². The zero-order valence-electron chi connectivity index (χ0n) is 12.3. The van der Waals surface area contributed by atoms with Gasteiger partial charge in [0.15, 0.2) is 0 Å². The molecule has 0 fully saturated rings. The number of rotatable bonds is 7. The van der Waals surface area contributed by atoms with Gasteiger partial charge in [-0.05, 0) is 38.7 Å². The summed E-state index contributed by atoms with van der Waals surface area (Å²) >= 11 is 6.21. The van der Waals surface area contributed by atoms with Crippen LogP contribution in [0.4, 0.5) is 0 Å². The first-order valence-corrected chi connectivity index (χ1v) is 6.81. The molecule has 0 aromatic heterocycles. The number of benzene rings is 1. The van der Waals surface area contributed by atoms with Crippen LogP contribution in [-0.2, 0) is 4.79 Å². The summed E-state index contributed by atoms with van der Waals surface area (Å²) in [5.74, 6) is 0.0318. The molecule has 1 aromatic rings. The molecular weight excluding hydrogens is 333 g/mol. The molecule has 21 heavy (non-hydrogen) atoms. The van der Waals surface area contributed by atoms with Crippen LogP contribution in [0.25, 0.3) is 0 Å². The van der Waals surface area contributed by atoms with E-state index in [1.54, 1.807) is 0 Å². The number of nitrogens with zero attached hydrogens (tertiary/aromatic N) is 1. The van der Waals surface area contributed by atoms with Crippen LogP contribution in [0.1, 0.15) is 24.4 Å². The Morgan fingerprint density at radius 2 is 1.95 bits per heavy atom. The minimum atomic E-state index is 0. The molecule has 0 saturated heterocycles. The van der Waals surface area contributed by atoms with Gasteiger partial charge in [-0.25, -0.2) is 0 Å². The molecule has 1 atom stereocenters. The van der Waals surface area contributed by atoms with Crippen molar-refractivity contribution in [2.45, 2.75) is 18.9 Å². The molecule has 0 aliphatic rings. The molecule has 7 heteroatoms. The minimum absolute atomic E-state index is 0. The number of hydrogen-bond acceptors (Lipinski definition) is 3. The third-order valence-electron chi connectivity index (χ3n) is 2.99. The summed E-state index contributed by atoms with van der Waals surface area (Å²) in [6, 6.07) is 7.77. The lowest BCUT2D eigenvalue weighted by atomic mass is 10.1. The van der Waals surface area contributed by atoms with Crippen LogP contribution < -0.4 is 11.1 Å². The summed E-state index contributed by atoms with van der Waals surface area (Å²) in [5.41, 5.74) is 6.41. The Morgan fingerprint density at radius 3 is 2.48 bits per heavy atom. The van der Waals surface area contributed by atoms with E-state index in [-0.39, 0.29) is 36.8 Å². The number of halogens is 3. The fourth-order valence-corrected chi connectivity index (χ4v) is 2.14. The van der Waals surface area contributed by atoms with Crippen LogP contribution >= 0.6 is 36.4 Å². The summed E-state index contributed by atoms with van der Waals surface area (Å²) in [6.45, 7) is 1.08. The van der Waals surface area contributed by atoms with Crippen molar-refractivity contribution in [3.05, 3.63) is 34.9 Å². The Kier molecular flexibility index (Phi) is 13.1. The van der Waals surface area contributed by atoms with E-state index in [1.807, 2.05) is 43.3 Å². The molecule has 122 valence electrons. The second-order valence-electron chi connectivity index (χ2n) is 4.70. The summed E-state index contributed by atoms with van der Waals surface area (Å²) in [6.07, 6.45) is 1.18. The number of nitrogens with one attached hydrogen (secondary N) is 1. The fraction of sp³-hybridized carbons (Fsp3) is 0.500. The third-order valence-corrected chi connectivity index (χ3v) is 3.33. The highest BCUT2D eigenvalue weighted by atomic mass is 35.5. The third kappa shape index (κ3) is 7.88. The maximum absolute atomic E-state index is 11.6. The van der Waals surface area contributed by atoms with Gasteiger partial charge in [0.25, 0.3) is 0 Å². The van der Waals surface area contributed by atoms with Crippen LogP contribution in [0.5, 0.6) is 0 Å². The van der Waals surface area contributed by atoms with Gasteiger partial charge in [-0.3, -0.25) is 4.79 Å². The lowest BCUT2D eigenvalue weighted by Crippen LogP contribution is -2.34. The molecule has 0 spiro atoms. The first kappa shape index (κ1) is 22.8. The van der Waals surface area contributed by atoms with Crippen LogP contribution in [-0.4, -0.2) is 38.0 Å². The van der Waals surface area contributed by atoms with Gasteiger partial charge in [0, 0.05) is 18.0 Å². The van der Waals surface area contributed by atoms with E-state index in [0.29, 0.717) is 25.9 Å². The van der Waals surface area contributed by atoms with E-state index < -0.39 is 0 Å². The SMILES string of the molecule is CN(C)C(CNC(=O)CCCN)c1ccccc1Cl.Cl.Cl. The number of likely N-dealkylation sites (N-methyl/N-ethyl adjacent to an activating group) is 1. The normalized spacial score (nSPS) is 11.3. The molecule has 3 N–H and O–H groups in total. The average Bonchev–Trinajstić information content (AvgIpc) is 2.38. The summed E-state index contributed by atoms with van der Waals surface area (Å²) < 4.78 is 0. The minimum Gasteiger partial charge on any atom is -0.354 e. The fourth-order valence-electron chi connectivity index (χ4n) is 1.88. The largest absolute Gasteiger partial charge is 0.354 e. The molecule has 1 amide bonds. The quantitative estimate of drug-likeness (QED) is 0.789. The number of carbonyl (C=O) groups is 1. The number of nitrogens with two attached hydrogens (primary N) is 1. The zero-order valence-corrected chi connectivity index (χ0v) is 14.7. The molecule has 0 saturated carbocycles. The highest BCUT2D eigenvalue weighted by molar-refractivity contribution is 6.31. The van der Waals surface area contributed by atoms with Crippen molar-refractivity contribution in [1.82, 2.24) is 10.2 Å². The van der Waals surface area contributed by atoms with E-state index in [2.05, 4.69) is 5.32 Å². The van der Waals surface area contributed by atoms with Gasteiger partial charge in [-0.1, -0.05) is 29.8 Å². The zero-order chi connectivity index (χ0) is 14.3. The predicted molar refractivity (Wildman–Crippen MR) is 93.7 cm³/mol. The maximum atomic E-state index is 11.6. The monoisotopic (exact) mass is 355 g/mol. The van der Waals surface area contributed by atoms with E-state index in [4.69, 9.17) is 17.3 Å². The lowest BCUT2D eigenvalue weighted by molar-refractivity contribution is -0.121. The van der Waals surface area contributed by atoms with Gasteiger partial charge in [0.05, 0.1) is 6.04 Å². The predicted octanol–water partition coefficient (Wildman–Crippen LogP) is 2.64. The van der Waals surface area contributed by atoms with E-state index >= 15 is 0 Å². The average molecular weight is 357 g/mol. The molecule has 1 unspecified atom stereocenters. The van der Waals surface area contributed by atoms with Crippen LogP contribution in [0.15, 0.2) is 24.3 Å². The molecule has 4 nitrogen and oxygen atoms in total. The van der Waals surface area contributed by atoms with E-state index in [1.165, 1.54) is 0 Å². The molecule has 0 bridgehead atoms. The Balaban J connectivity index is 0. The summed E-state index contributed by atoms with van der Waals surface area (Å²) in [5, 5.41) is 3.65. The van der Waals surface area contributed by atoms with Crippen LogP contribution in [0, 0.1) is 0 Å². The van der Waals surface area contributed by atoms with Crippen molar-refractivity contribution in [3.63, 3.8) is 0 Å². The van der Waals surface area contributed by atoms with Gasteiger partial charge in [0.1, 0.15) is 0 Å². The maximum Gasteiger partial charge on any atom is 0.220 e. The first-order chi connectivity index (χ1) is 9.06. The van der Waals surface area contributed by atoms with Crippen molar-refractivity contribution >= 4 is 42.3 Å². The highest BCUT2D eigenvalue weighted by Crippen LogP contribution is 2.25. The summed E-state index contributed by atoms with van der Waals surface area (Å²) in [4.78, 5) is 13.7. The van der Waals surface area contributed by atoms with Crippen molar-refractivity contribution in [2.24, 2.45) is 5.73 Å². The van der Waals surface area contributed by atoms with Gasteiger partial charge >= 0.3 is 0 Å². The molecular formula is C14H24Cl3N3O. The van der Waals surface area contributed by atoms with Gasteiger partial charge in [-0.2, -0.15) is 0 Å². The second kappa shape index (κ2) is 12.1. The number of amides is 1. The van der Waals surface area contributed by atoms with Crippen molar-refractivity contribution < 1.29 is 4.79 Å². The summed E-state index contributed by atoms with van der Waals surface area (Å²) in [7, 11) is 3.94. The van der Waals surface area contributed by atoms with E-state index in [0.717, 1.165) is 10.6 Å². The second-order valence-corrected chi connectivity index (χ2v) is 5.10. The van der Waals surface area contributed by atoms with Crippen molar-refractivity contribution in [2.75, 3.05) is 27.2 Å². The first-order valence-electron chi connectivity index (χ1n) is 6.44. The Labute approximate surface area is 144 Å². The van der Waals surface area contributed by atoms with Crippen molar-refractivity contribution in [1.29, 1.82) is 0 Å². The Hall–Kier alpha value is -0.520. The van der Waals surface area contributed by atoms with Gasteiger partial charge in [-0.15, -0.1) is 24.8 Å². The van der Waals surface area contributed by atoms with Crippen molar-refractivity contribution in [3.8, 4) is 0 Å². The Bertz CT molecular complexity index is 416. The topological polar surface area (TPSA) is 58.4 Å². The van der Waals surface area contributed by atoms with E-state index in [9.17, 15) is 4.79 Å². The smallest absolute Gasteiger partial charge is 0.220 e. The molecule has 0 heterocycles. The molecule has 1 aromatic carbocycles. The van der Waals surface area contributed by atoms with Gasteiger partial charge < -0.3 is 16.0 Å².